The van der Waals surface area contributed by atoms with Crippen LogP contribution in [-0.4, -0.2) is 50.1 Å². The summed E-state index contributed by atoms with van der Waals surface area (Å²) in [4.78, 5) is 11.8. The molecule has 130 valence electrons. The molecule has 0 bridgehead atoms. The number of thioether (sulfide) groups is 1. The van der Waals surface area contributed by atoms with E-state index in [1.807, 2.05) is 6.26 Å². The van der Waals surface area contributed by atoms with Crippen LogP contribution in [0.2, 0.25) is 0 Å². The summed E-state index contributed by atoms with van der Waals surface area (Å²) in [5.74, 6) is 0.279. The predicted molar refractivity (Wildman–Crippen MR) is 91.5 cm³/mol. The summed E-state index contributed by atoms with van der Waals surface area (Å²) in [5.41, 5.74) is 6.60. The first kappa shape index (κ1) is 19.9. The second kappa shape index (κ2) is 9.24. The number of hydrogen-bond donors (Lipinski definition) is 4. The number of benzene rings is 1. The predicted octanol–water partition coefficient (Wildman–Crippen LogP) is -0.566. The van der Waals surface area contributed by atoms with E-state index in [9.17, 15) is 18.3 Å². The van der Waals surface area contributed by atoms with Gasteiger partial charge in [-0.1, -0.05) is 12.1 Å². The third kappa shape index (κ3) is 6.88. The van der Waals surface area contributed by atoms with Crippen LogP contribution in [0.1, 0.15) is 12.0 Å². The first-order valence-electron chi connectivity index (χ1n) is 7.07. The fraction of sp³-hybridized carbons (Fsp3) is 0.500. The number of carbonyl (C=O) groups excluding carboxylic acids is 1. The molecule has 7 nitrogen and oxygen atoms in total. The van der Waals surface area contributed by atoms with E-state index in [0.29, 0.717) is 19.4 Å². The number of hydrogen-bond acceptors (Lipinski definition) is 6. The normalized spacial score (nSPS) is 14.3. The molecule has 6 N–H and O–H groups in total. The first-order chi connectivity index (χ1) is 10.8. The average Bonchev–Trinajstić information content (AvgIpc) is 2.51. The van der Waals surface area contributed by atoms with Gasteiger partial charge in [0.1, 0.15) is 6.10 Å². The molecule has 0 aliphatic rings. The highest BCUT2D eigenvalue weighted by molar-refractivity contribution is 7.98. The lowest BCUT2D eigenvalue weighted by Crippen LogP contribution is -2.47. The SMILES string of the molecule is CSCCC(N)C(O)C(=O)NCCc1ccc(S(N)(=O)=O)cc1. The van der Waals surface area contributed by atoms with Gasteiger partial charge in [-0.3, -0.25) is 4.79 Å². The lowest BCUT2D eigenvalue weighted by atomic mass is 10.1. The van der Waals surface area contributed by atoms with Crippen LogP contribution in [0.15, 0.2) is 29.2 Å². The minimum absolute atomic E-state index is 0.0421. The Morgan fingerprint density at radius 1 is 1.35 bits per heavy atom. The number of aliphatic hydroxyl groups excluding tert-OH is 1. The van der Waals surface area contributed by atoms with Crippen molar-refractivity contribution in [1.29, 1.82) is 0 Å². The number of amides is 1. The third-order valence-corrected chi connectivity index (χ3v) is 4.87. The van der Waals surface area contributed by atoms with Gasteiger partial charge in [0.05, 0.1) is 4.90 Å². The molecule has 0 spiro atoms. The minimum Gasteiger partial charge on any atom is -0.382 e. The Hall–Kier alpha value is -1.13. The van der Waals surface area contributed by atoms with E-state index in [4.69, 9.17) is 10.9 Å². The zero-order chi connectivity index (χ0) is 17.5. The summed E-state index contributed by atoms with van der Waals surface area (Å²) in [5, 5.41) is 17.4. The van der Waals surface area contributed by atoms with Crippen LogP contribution in [0.5, 0.6) is 0 Å². The maximum Gasteiger partial charge on any atom is 0.250 e. The number of nitrogens with one attached hydrogen (secondary N) is 1. The molecular weight excluding hydrogens is 338 g/mol. The molecule has 0 aliphatic heterocycles. The Labute approximate surface area is 140 Å². The topological polar surface area (TPSA) is 136 Å². The number of carbonyl (C=O) groups is 1. The molecule has 0 aromatic heterocycles. The summed E-state index contributed by atoms with van der Waals surface area (Å²) < 4.78 is 22.3. The summed E-state index contributed by atoms with van der Waals surface area (Å²) in [6.45, 7) is 0.319. The van der Waals surface area contributed by atoms with E-state index in [1.165, 1.54) is 12.1 Å². The molecule has 23 heavy (non-hydrogen) atoms. The van der Waals surface area contributed by atoms with Crippen molar-refractivity contribution in [3.8, 4) is 0 Å². The van der Waals surface area contributed by atoms with Crippen LogP contribution in [0.25, 0.3) is 0 Å². The van der Waals surface area contributed by atoms with Gasteiger partial charge < -0.3 is 16.2 Å². The molecule has 1 aromatic carbocycles. The van der Waals surface area contributed by atoms with E-state index >= 15 is 0 Å². The van der Waals surface area contributed by atoms with Crippen LogP contribution in [0, 0.1) is 0 Å². The Morgan fingerprint density at radius 3 is 2.48 bits per heavy atom. The molecule has 0 heterocycles. The molecule has 1 aromatic rings. The zero-order valence-corrected chi connectivity index (χ0v) is 14.6. The van der Waals surface area contributed by atoms with Gasteiger partial charge in [0.15, 0.2) is 0 Å². The highest BCUT2D eigenvalue weighted by Crippen LogP contribution is 2.09. The van der Waals surface area contributed by atoms with Crippen LogP contribution in [-0.2, 0) is 21.2 Å². The summed E-state index contributed by atoms with van der Waals surface area (Å²) in [7, 11) is -3.70. The Kier molecular flexibility index (Phi) is 8.00. The first-order valence-corrected chi connectivity index (χ1v) is 10.0. The van der Waals surface area contributed by atoms with Gasteiger partial charge in [0.2, 0.25) is 15.9 Å². The lowest BCUT2D eigenvalue weighted by molar-refractivity contribution is -0.130. The van der Waals surface area contributed by atoms with Crippen molar-refractivity contribution in [2.45, 2.75) is 29.9 Å². The quantitative estimate of drug-likeness (QED) is 0.465. The van der Waals surface area contributed by atoms with Crippen molar-refractivity contribution in [2.24, 2.45) is 10.9 Å². The van der Waals surface area contributed by atoms with Crippen molar-refractivity contribution in [3.63, 3.8) is 0 Å². The maximum absolute atomic E-state index is 11.8. The molecule has 9 heteroatoms. The molecule has 0 saturated carbocycles. The highest BCUT2D eigenvalue weighted by atomic mass is 32.2. The standard InChI is InChI=1S/C14H23N3O4S2/c1-22-9-7-12(15)13(18)14(19)17-8-6-10-2-4-11(5-3-10)23(16,20)21/h2-5,12-13,18H,6-9,15H2,1H3,(H,17,19)(H2,16,20,21). The molecule has 0 aliphatic carbocycles. The third-order valence-electron chi connectivity index (χ3n) is 3.29. The van der Waals surface area contributed by atoms with Crippen LogP contribution >= 0.6 is 11.8 Å². The fourth-order valence-corrected chi connectivity index (χ4v) is 2.91. The van der Waals surface area contributed by atoms with E-state index in [0.717, 1.165) is 11.3 Å². The Bertz CT molecular complexity index is 605. The minimum atomic E-state index is -3.70. The second-order valence-electron chi connectivity index (χ2n) is 5.12. The van der Waals surface area contributed by atoms with Gasteiger partial charge in [0, 0.05) is 12.6 Å². The number of rotatable bonds is 9. The lowest BCUT2D eigenvalue weighted by Gasteiger charge is -2.18. The van der Waals surface area contributed by atoms with Crippen LogP contribution in [0.3, 0.4) is 0 Å². The van der Waals surface area contributed by atoms with Crippen LogP contribution < -0.4 is 16.2 Å². The van der Waals surface area contributed by atoms with Gasteiger partial charge in [-0.15, -0.1) is 0 Å². The fourth-order valence-electron chi connectivity index (χ4n) is 1.89. The van der Waals surface area contributed by atoms with Gasteiger partial charge in [-0.05, 0) is 42.5 Å². The molecule has 0 fully saturated rings. The highest BCUT2D eigenvalue weighted by Gasteiger charge is 2.21. The van der Waals surface area contributed by atoms with E-state index in [2.05, 4.69) is 5.32 Å². The van der Waals surface area contributed by atoms with Crippen molar-refractivity contribution in [3.05, 3.63) is 29.8 Å². The van der Waals surface area contributed by atoms with E-state index < -0.39 is 28.1 Å². The van der Waals surface area contributed by atoms with Crippen molar-refractivity contribution >= 4 is 27.7 Å². The van der Waals surface area contributed by atoms with E-state index in [1.54, 1.807) is 23.9 Å². The summed E-state index contributed by atoms with van der Waals surface area (Å²) in [6.07, 6.45) is 1.76. The Morgan fingerprint density at radius 2 is 1.96 bits per heavy atom. The van der Waals surface area contributed by atoms with Gasteiger partial charge >= 0.3 is 0 Å². The molecule has 0 radical (unpaired) electrons. The van der Waals surface area contributed by atoms with E-state index in [-0.39, 0.29) is 4.90 Å². The second-order valence-corrected chi connectivity index (χ2v) is 7.67. The van der Waals surface area contributed by atoms with Crippen LogP contribution in [0.4, 0.5) is 0 Å². The summed E-state index contributed by atoms with van der Waals surface area (Å²) in [6, 6.07) is 5.51. The number of sulfonamides is 1. The monoisotopic (exact) mass is 361 g/mol. The molecule has 2 atom stereocenters. The van der Waals surface area contributed by atoms with Crippen molar-refractivity contribution in [2.75, 3.05) is 18.6 Å². The smallest absolute Gasteiger partial charge is 0.250 e. The molecule has 1 amide bonds. The molecule has 1 rings (SSSR count). The van der Waals surface area contributed by atoms with Crippen molar-refractivity contribution < 1.29 is 18.3 Å². The van der Waals surface area contributed by atoms with Crippen molar-refractivity contribution in [1.82, 2.24) is 5.32 Å². The number of primary sulfonamides is 1. The Balaban J connectivity index is 2.43. The average molecular weight is 361 g/mol. The molecule has 0 saturated heterocycles. The van der Waals surface area contributed by atoms with Gasteiger partial charge in [0.25, 0.3) is 0 Å². The summed E-state index contributed by atoms with van der Waals surface area (Å²) >= 11 is 1.60. The largest absolute Gasteiger partial charge is 0.382 e. The molecular formula is C14H23N3O4S2. The zero-order valence-electron chi connectivity index (χ0n) is 12.9. The van der Waals surface area contributed by atoms with Gasteiger partial charge in [-0.25, -0.2) is 13.6 Å². The number of nitrogens with two attached hydrogens (primary N) is 2. The molecule has 2 unspecified atom stereocenters. The number of aliphatic hydroxyl groups is 1. The maximum atomic E-state index is 11.8. The van der Waals surface area contributed by atoms with Gasteiger partial charge in [-0.2, -0.15) is 11.8 Å².